The topological polar surface area (TPSA) is 143 Å². The van der Waals surface area contributed by atoms with Gasteiger partial charge in [-0.05, 0) is 136 Å². The van der Waals surface area contributed by atoms with Crippen molar-refractivity contribution in [1.82, 2.24) is 5.48 Å². The van der Waals surface area contributed by atoms with Crippen LogP contribution in [0.1, 0.15) is 49.9 Å². The minimum atomic E-state index is -4.60. The van der Waals surface area contributed by atoms with Crippen molar-refractivity contribution in [2.45, 2.75) is 44.9 Å². The monoisotopic (exact) mass is 814 g/mol. The standard InChI is InChI=1S/C21H16ClF3N2O3S.C18H19ClN2O3/c1-13-10-15(21(23,24)25)12-18(11-13)27-31(29,30)19-8-6-17(7-9-19)26-20(28)14-2-4-16(22)5-3-14;1-11-8-12(2)10-14(9-11)18(23)21-24-13(3)17(22)20-16-6-4-15(19)5-7-16/h2-12,27H,1H3,(H,26,28);4-10,13H,1-3H3,(H,20,22)(H,21,23). The molecule has 0 saturated carbocycles. The van der Waals surface area contributed by atoms with Crippen LogP contribution in [0.15, 0.2) is 114 Å². The van der Waals surface area contributed by atoms with Gasteiger partial charge in [0.05, 0.1) is 10.5 Å². The lowest BCUT2D eigenvalue weighted by Crippen LogP contribution is -2.35. The number of halogens is 5. The van der Waals surface area contributed by atoms with E-state index in [2.05, 4.69) is 20.8 Å². The maximum absolute atomic E-state index is 13.0. The van der Waals surface area contributed by atoms with Crippen LogP contribution in [-0.2, 0) is 25.8 Å². The Morgan fingerprint density at radius 1 is 0.636 bits per heavy atom. The van der Waals surface area contributed by atoms with Gasteiger partial charge in [-0.25, -0.2) is 13.9 Å². The molecule has 10 nitrogen and oxygen atoms in total. The maximum Gasteiger partial charge on any atom is 0.416 e. The minimum Gasteiger partial charge on any atom is -0.324 e. The fourth-order valence-corrected chi connectivity index (χ4v) is 6.17. The van der Waals surface area contributed by atoms with Gasteiger partial charge in [0, 0.05) is 38.2 Å². The molecule has 1 atom stereocenters. The van der Waals surface area contributed by atoms with Crippen molar-refractivity contribution in [1.29, 1.82) is 0 Å². The van der Waals surface area contributed by atoms with Crippen LogP contribution in [0.4, 0.5) is 30.2 Å². The molecule has 5 aromatic rings. The zero-order valence-electron chi connectivity index (χ0n) is 29.7. The second kappa shape index (κ2) is 18.3. The number of aryl methyl sites for hydroxylation is 3. The highest BCUT2D eigenvalue weighted by Crippen LogP contribution is 2.32. The summed E-state index contributed by atoms with van der Waals surface area (Å²) in [5.74, 6) is -1.18. The number of hydroxylamine groups is 1. The average Bonchev–Trinajstić information content (AvgIpc) is 3.11. The number of nitrogens with one attached hydrogen (secondary N) is 4. The van der Waals surface area contributed by atoms with Gasteiger partial charge < -0.3 is 10.6 Å². The minimum absolute atomic E-state index is 0.174. The number of anilines is 3. The second-order valence-corrected chi connectivity index (χ2v) is 14.8. The van der Waals surface area contributed by atoms with E-state index in [1.807, 2.05) is 19.9 Å². The summed E-state index contributed by atoms with van der Waals surface area (Å²) in [6, 6.07) is 26.6. The number of rotatable bonds is 10. The molecule has 0 saturated heterocycles. The van der Waals surface area contributed by atoms with Gasteiger partial charge in [-0.1, -0.05) is 40.4 Å². The SMILES string of the molecule is Cc1cc(C)cc(C(=O)NOC(C)C(=O)Nc2ccc(Cl)cc2)c1.Cc1cc(NS(=O)(=O)c2ccc(NC(=O)c3ccc(Cl)cc3)cc2)cc(C(F)(F)F)c1. The first-order chi connectivity index (χ1) is 25.8. The van der Waals surface area contributed by atoms with Gasteiger partial charge in [0.1, 0.15) is 0 Å². The molecule has 5 rings (SSSR count). The van der Waals surface area contributed by atoms with Crippen LogP contribution in [0.3, 0.4) is 0 Å². The molecule has 288 valence electrons. The van der Waals surface area contributed by atoms with Crippen LogP contribution >= 0.6 is 23.2 Å². The number of hydrogen-bond donors (Lipinski definition) is 4. The Labute approximate surface area is 326 Å². The molecule has 0 radical (unpaired) electrons. The Bertz CT molecular complexity index is 2250. The van der Waals surface area contributed by atoms with Gasteiger partial charge in [-0.15, -0.1) is 0 Å². The van der Waals surface area contributed by atoms with Crippen LogP contribution in [0.25, 0.3) is 0 Å². The molecular formula is C39H35Cl2F3N4O6S. The van der Waals surface area contributed by atoms with Crippen molar-refractivity contribution < 1.29 is 40.8 Å². The third-order valence-corrected chi connectivity index (χ3v) is 9.38. The summed E-state index contributed by atoms with van der Waals surface area (Å²) in [6.07, 6.45) is -5.45. The number of sulfonamides is 1. The van der Waals surface area contributed by atoms with Crippen molar-refractivity contribution in [3.63, 3.8) is 0 Å². The number of hydrogen-bond acceptors (Lipinski definition) is 6. The Hall–Kier alpha value is -5.41. The van der Waals surface area contributed by atoms with Crippen LogP contribution < -0.4 is 20.8 Å². The van der Waals surface area contributed by atoms with E-state index in [1.54, 1.807) is 55.5 Å². The molecule has 5 aromatic carbocycles. The van der Waals surface area contributed by atoms with E-state index >= 15 is 0 Å². The number of benzene rings is 5. The lowest BCUT2D eigenvalue weighted by molar-refractivity contribution is -0.137. The Morgan fingerprint density at radius 3 is 1.71 bits per heavy atom. The molecule has 0 aromatic heterocycles. The molecule has 3 amide bonds. The van der Waals surface area contributed by atoms with Gasteiger partial charge in [-0.3, -0.25) is 23.9 Å². The molecule has 0 spiro atoms. The highest BCUT2D eigenvalue weighted by molar-refractivity contribution is 7.92. The molecule has 16 heteroatoms. The van der Waals surface area contributed by atoms with E-state index < -0.39 is 39.7 Å². The Balaban J connectivity index is 0.000000253. The van der Waals surface area contributed by atoms with Crippen LogP contribution in [-0.4, -0.2) is 32.2 Å². The summed E-state index contributed by atoms with van der Waals surface area (Å²) in [6.45, 7) is 6.80. The number of amides is 3. The van der Waals surface area contributed by atoms with Crippen molar-refractivity contribution in [2.75, 3.05) is 15.4 Å². The second-order valence-electron chi connectivity index (χ2n) is 12.2. The summed E-state index contributed by atoms with van der Waals surface area (Å²) in [5.41, 5.74) is 5.16. The first kappa shape index (κ1) is 42.3. The summed E-state index contributed by atoms with van der Waals surface area (Å²) in [7, 11) is -4.14. The van der Waals surface area contributed by atoms with Gasteiger partial charge in [0.25, 0.3) is 27.7 Å². The summed E-state index contributed by atoms with van der Waals surface area (Å²) >= 11 is 11.6. The van der Waals surface area contributed by atoms with E-state index in [0.29, 0.717) is 32.5 Å². The van der Waals surface area contributed by atoms with Gasteiger partial charge in [-0.2, -0.15) is 13.2 Å². The average molecular weight is 816 g/mol. The van der Waals surface area contributed by atoms with Crippen LogP contribution in [0.5, 0.6) is 0 Å². The molecule has 55 heavy (non-hydrogen) atoms. The van der Waals surface area contributed by atoms with E-state index in [-0.39, 0.29) is 22.1 Å². The number of carbonyl (C=O) groups is 3. The quantitative estimate of drug-likeness (QED) is 0.104. The third-order valence-electron chi connectivity index (χ3n) is 7.48. The van der Waals surface area contributed by atoms with Crippen molar-refractivity contribution in [3.8, 4) is 0 Å². The predicted octanol–water partition coefficient (Wildman–Crippen LogP) is 9.37. The van der Waals surface area contributed by atoms with Crippen molar-refractivity contribution in [2.24, 2.45) is 0 Å². The molecule has 4 N–H and O–H groups in total. The first-order valence-corrected chi connectivity index (χ1v) is 18.5. The molecule has 0 bridgehead atoms. The maximum atomic E-state index is 13.0. The fourth-order valence-electron chi connectivity index (χ4n) is 4.88. The summed E-state index contributed by atoms with van der Waals surface area (Å²) in [5, 5.41) is 6.35. The normalized spacial score (nSPS) is 11.7. The van der Waals surface area contributed by atoms with Crippen molar-refractivity contribution in [3.05, 3.63) is 153 Å². The number of alkyl halides is 3. The largest absolute Gasteiger partial charge is 0.416 e. The molecule has 0 fully saturated rings. The van der Waals surface area contributed by atoms with E-state index in [4.69, 9.17) is 28.0 Å². The van der Waals surface area contributed by atoms with E-state index in [0.717, 1.165) is 23.3 Å². The predicted molar refractivity (Wildman–Crippen MR) is 207 cm³/mol. The Morgan fingerprint density at radius 2 is 1.15 bits per heavy atom. The van der Waals surface area contributed by atoms with Gasteiger partial charge >= 0.3 is 6.18 Å². The smallest absolute Gasteiger partial charge is 0.324 e. The number of carbonyl (C=O) groups excluding carboxylic acids is 3. The van der Waals surface area contributed by atoms with Crippen LogP contribution in [0.2, 0.25) is 10.0 Å². The fraction of sp³-hybridized carbons (Fsp3) is 0.154. The highest BCUT2D eigenvalue weighted by atomic mass is 35.5. The van der Waals surface area contributed by atoms with E-state index in [9.17, 15) is 36.0 Å². The van der Waals surface area contributed by atoms with Crippen LogP contribution in [0, 0.1) is 20.8 Å². The summed E-state index contributed by atoms with van der Waals surface area (Å²) < 4.78 is 66.2. The third kappa shape index (κ3) is 12.9. The summed E-state index contributed by atoms with van der Waals surface area (Å²) in [4.78, 5) is 41.3. The molecular weight excluding hydrogens is 780 g/mol. The lowest BCUT2D eigenvalue weighted by atomic mass is 10.1. The molecule has 0 heterocycles. The zero-order valence-corrected chi connectivity index (χ0v) is 32.0. The van der Waals surface area contributed by atoms with Crippen molar-refractivity contribution >= 4 is 68.0 Å². The van der Waals surface area contributed by atoms with Gasteiger partial charge in [0.2, 0.25) is 0 Å². The lowest BCUT2D eigenvalue weighted by Gasteiger charge is -2.14. The molecule has 0 aliphatic heterocycles. The first-order valence-electron chi connectivity index (χ1n) is 16.3. The Kier molecular flexibility index (Phi) is 14.1. The molecule has 0 aliphatic carbocycles. The molecule has 0 aliphatic rings. The molecule has 1 unspecified atom stereocenters. The van der Waals surface area contributed by atoms with Gasteiger partial charge in [0.15, 0.2) is 6.10 Å². The highest BCUT2D eigenvalue weighted by Gasteiger charge is 2.31. The van der Waals surface area contributed by atoms with E-state index in [1.165, 1.54) is 49.4 Å². The zero-order chi connectivity index (χ0) is 40.5.